The SMILES string of the molecule is C[C@@H](c1ccccc1)N(C)C[C@@H]1C[C@H](c2ccc(CO)cc2)O[C@H](c2cccc(-c3cccc(CNC(=O)NCc4ccccc4)c3)c2)O1. The number of urea groups is 1. The third-order valence-electron chi connectivity index (χ3n) is 9.22. The van der Waals surface area contributed by atoms with Crippen molar-refractivity contribution in [1.82, 2.24) is 15.5 Å². The summed E-state index contributed by atoms with van der Waals surface area (Å²) in [6.45, 7) is 3.86. The normalized spacial score (nSPS) is 18.2. The maximum Gasteiger partial charge on any atom is 0.315 e. The Bertz CT molecular complexity index is 1780. The summed E-state index contributed by atoms with van der Waals surface area (Å²) in [4.78, 5) is 14.8. The molecule has 7 heteroatoms. The smallest absolute Gasteiger partial charge is 0.315 e. The molecule has 49 heavy (non-hydrogen) atoms. The molecular weight excluding hydrogens is 610 g/mol. The highest BCUT2D eigenvalue weighted by Gasteiger charge is 2.33. The zero-order valence-electron chi connectivity index (χ0n) is 28.2. The highest BCUT2D eigenvalue weighted by molar-refractivity contribution is 5.74. The maximum atomic E-state index is 12.5. The number of hydrogen-bond donors (Lipinski definition) is 3. The number of carbonyl (C=O) groups excluding carboxylic acids is 1. The van der Waals surface area contributed by atoms with Gasteiger partial charge in [-0.05, 0) is 65.0 Å². The van der Waals surface area contributed by atoms with E-state index in [9.17, 15) is 9.90 Å². The minimum Gasteiger partial charge on any atom is -0.392 e. The Labute approximate surface area is 289 Å². The molecule has 2 amide bonds. The quantitative estimate of drug-likeness (QED) is 0.127. The highest BCUT2D eigenvalue weighted by Crippen LogP contribution is 2.39. The number of carbonyl (C=O) groups is 1. The molecule has 0 spiro atoms. The summed E-state index contributed by atoms with van der Waals surface area (Å²) in [5.41, 5.74) is 8.30. The van der Waals surface area contributed by atoms with Crippen LogP contribution in [0.25, 0.3) is 11.1 Å². The number of likely N-dealkylation sites (N-methyl/N-ethyl adjacent to an activating group) is 1. The van der Waals surface area contributed by atoms with Gasteiger partial charge >= 0.3 is 6.03 Å². The molecule has 0 aromatic heterocycles. The van der Waals surface area contributed by atoms with Gasteiger partial charge in [-0.25, -0.2) is 4.79 Å². The van der Waals surface area contributed by atoms with E-state index in [1.165, 1.54) is 5.56 Å². The topological polar surface area (TPSA) is 83.1 Å². The summed E-state index contributed by atoms with van der Waals surface area (Å²) in [6, 6.07) is 44.9. The molecule has 5 aromatic carbocycles. The largest absolute Gasteiger partial charge is 0.392 e. The van der Waals surface area contributed by atoms with Crippen LogP contribution in [0.4, 0.5) is 4.79 Å². The van der Waals surface area contributed by atoms with Gasteiger partial charge in [0.25, 0.3) is 0 Å². The van der Waals surface area contributed by atoms with E-state index in [-0.39, 0.29) is 30.9 Å². The number of rotatable bonds is 12. The van der Waals surface area contributed by atoms with E-state index in [2.05, 4.69) is 84.1 Å². The highest BCUT2D eigenvalue weighted by atomic mass is 16.7. The number of aliphatic hydroxyl groups excluding tert-OH is 1. The molecule has 1 aliphatic heterocycles. The van der Waals surface area contributed by atoms with Crippen LogP contribution in [-0.4, -0.2) is 35.7 Å². The molecule has 0 radical (unpaired) electrons. The molecule has 0 bridgehead atoms. The van der Waals surface area contributed by atoms with Crippen molar-refractivity contribution in [2.45, 2.75) is 57.6 Å². The first-order chi connectivity index (χ1) is 23.9. The molecule has 0 saturated carbocycles. The van der Waals surface area contributed by atoms with Crippen molar-refractivity contribution >= 4 is 6.03 Å². The zero-order valence-corrected chi connectivity index (χ0v) is 28.2. The first-order valence-corrected chi connectivity index (χ1v) is 17.0. The Morgan fingerprint density at radius 2 is 1.37 bits per heavy atom. The summed E-state index contributed by atoms with van der Waals surface area (Å²) in [6.07, 6.45) is -0.0690. The van der Waals surface area contributed by atoms with E-state index in [0.29, 0.717) is 19.5 Å². The molecule has 252 valence electrons. The van der Waals surface area contributed by atoms with E-state index < -0.39 is 6.29 Å². The predicted octanol–water partition coefficient (Wildman–Crippen LogP) is 8.08. The average Bonchev–Trinajstić information content (AvgIpc) is 3.16. The van der Waals surface area contributed by atoms with E-state index in [1.54, 1.807) is 0 Å². The van der Waals surface area contributed by atoms with E-state index >= 15 is 0 Å². The minimum atomic E-state index is -0.556. The van der Waals surface area contributed by atoms with E-state index in [1.807, 2.05) is 78.9 Å². The minimum absolute atomic E-state index is 0.00778. The molecule has 0 unspecified atom stereocenters. The van der Waals surface area contributed by atoms with Gasteiger partial charge in [0.1, 0.15) is 0 Å². The van der Waals surface area contributed by atoms with Crippen LogP contribution < -0.4 is 10.6 Å². The lowest BCUT2D eigenvalue weighted by Gasteiger charge is -2.39. The zero-order chi connectivity index (χ0) is 34.0. The second kappa shape index (κ2) is 16.5. The van der Waals surface area contributed by atoms with Gasteiger partial charge in [-0.3, -0.25) is 4.90 Å². The molecule has 0 aliphatic carbocycles. The Morgan fingerprint density at radius 1 is 0.735 bits per heavy atom. The molecule has 3 N–H and O–H groups in total. The van der Waals surface area contributed by atoms with Crippen LogP contribution in [0.3, 0.4) is 0 Å². The second-order valence-electron chi connectivity index (χ2n) is 12.7. The van der Waals surface area contributed by atoms with Crippen molar-refractivity contribution in [3.05, 3.63) is 167 Å². The van der Waals surface area contributed by atoms with E-state index in [4.69, 9.17) is 9.47 Å². The van der Waals surface area contributed by atoms with Gasteiger partial charge in [-0.2, -0.15) is 0 Å². The van der Waals surface area contributed by atoms with Gasteiger partial charge in [0.15, 0.2) is 6.29 Å². The molecule has 6 rings (SSSR count). The van der Waals surface area contributed by atoms with Crippen LogP contribution in [0.1, 0.15) is 65.2 Å². The van der Waals surface area contributed by atoms with Gasteiger partial charge in [-0.1, -0.05) is 121 Å². The fraction of sp³-hybridized carbons (Fsp3) is 0.262. The predicted molar refractivity (Wildman–Crippen MR) is 193 cm³/mol. The lowest BCUT2D eigenvalue weighted by atomic mass is 9.98. The molecule has 1 fully saturated rings. The summed E-state index contributed by atoms with van der Waals surface area (Å²) in [7, 11) is 2.14. The number of ether oxygens (including phenoxy) is 2. The van der Waals surface area contributed by atoms with Crippen LogP contribution in [0.2, 0.25) is 0 Å². The third kappa shape index (κ3) is 9.22. The fourth-order valence-corrected chi connectivity index (χ4v) is 6.25. The monoisotopic (exact) mass is 655 g/mol. The molecule has 4 atom stereocenters. The second-order valence-corrected chi connectivity index (χ2v) is 12.7. The van der Waals surface area contributed by atoms with Gasteiger partial charge in [0.2, 0.25) is 0 Å². The number of hydrogen-bond acceptors (Lipinski definition) is 5. The molecule has 5 aromatic rings. The number of nitrogens with zero attached hydrogens (tertiary/aromatic N) is 1. The summed E-state index contributed by atoms with van der Waals surface area (Å²) >= 11 is 0. The first kappa shape index (κ1) is 34.1. The number of amides is 2. The fourth-order valence-electron chi connectivity index (χ4n) is 6.25. The van der Waals surface area contributed by atoms with Crippen LogP contribution in [0.5, 0.6) is 0 Å². The van der Waals surface area contributed by atoms with Gasteiger partial charge < -0.3 is 25.2 Å². The lowest BCUT2D eigenvalue weighted by molar-refractivity contribution is -0.253. The summed E-state index contributed by atoms with van der Waals surface area (Å²) in [5, 5.41) is 15.5. The summed E-state index contributed by atoms with van der Waals surface area (Å²) in [5.74, 6) is 0. The van der Waals surface area contributed by atoms with Crippen molar-refractivity contribution in [2.24, 2.45) is 0 Å². The number of benzene rings is 5. The van der Waals surface area contributed by atoms with Crippen LogP contribution in [0.15, 0.2) is 133 Å². The van der Waals surface area contributed by atoms with Crippen molar-refractivity contribution in [3.8, 4) is 11.1 Å². The molecular formula is C42H45N3O4. The van der Waals surface area contributed by atoms with Crippen molar-refractivity contribution in [3.63, 3.8) is 0 Å². The van der Waals surface area contributed by atoms with Gasteiger partial charge in [-0.15, -0.1) is 0 Å². The van der Waals surface area contributed by atoms with Crippen LogP contribution in [0, 0.1) is 0 Å². The van der Waals surface area contributed by atoms with Crippen LogP contribution in [-0.2, 0) is 29.2 Å². The third-order valence-corrected chi connectivity index (χ3v) is 9.22. The van der Waals surface area contributed by atoms with Crippen molar-refractivity contribution < 1.29 is 19.4 Å². The maximum absolute atomic E-state index is 12.5. The van der Waals surface area contributed by atoms with Crippen molar-refractivity contribution in [1.29, 1.82) is 0 Å². The summed E-state index contributed by atoms with van der Waals surface area (Å²) < 4.78 is 13.4. The van der Waals surface area contributed by atoms with E-state index in [0.717, 1.165) is 45.5 Å². The number of aliphatic hydroxyl groups is 1. The van der Waals surface area contributed by atoms with Gasteiger partial charge in [0.05, 0.1) is 18.8 Å². The van der Waals surface area contributed by atoms with Crippen LogP contribution >= 0.6 is 0 Å². The Balaban J connectivity index is 1.16. The Kier molecular flexibility index (Phi) is 11.5. The molecule has 1 aliphatic rings. The Morgan fingerprint density at radius 3 is 2.08 bits per heavy atom. The lowest BCUT2D eigenvalue weighted by Crippen LogP contribution is -2.38. The van der Waals surface area contributed by atoms with Gasteiger partial charge in [0, 0.05) is 37.7 Å². The Hall–Kier alpha value is -4.79. The number of nitrogens with one attached hydrogen (secondary N) is 2. The molecule has 7 nitrogen and oxygen atoms in total. The molecule has 1 saturated heterocycles. The standard InChI is InChI=1S/C42H45N3O4/c1-30(34-14-7-4-8-15-34)45(2)28-39-25-40(35-21-19-32(29-46)20-22-35)49-41(48-39)38-18-10-17-37(24-38)36-16-9-13-33(23-36)27-44-42(47)43-26-31-11-5-3-6-12-31/h3-24,30,39-41,46H,25-29H2,1-2H3,(H2,43,44,47)/t30-,39-,40+,41+/m0/s1. The van der Waals surface area contributed by atoms with Crippen molar-refractivity contribution in [2.75, 3.05) is 13.6 Å². The first-order valence-electron chi connectivity index (χ1n) is 17.0. The molecule has 1 heterocycles. The average molecular weight is 656 g/mol.